The highest BCUT2D eigenvalue weighted by Crippen LogP contribution is 2.20. The third-order valence-electron chi connectivity index (χ3n) is 10.6. The van der Waals surface area contributed by atoms with E-state index in [0.29, 0.717) is 25.7 Å². The smallest absolute Gasteiger partial charge is 0.366 e. The van der Waals surface area contributed by atoms with Crippen LogP contribution in [0.2, 0.25) is 0 Å². The van der Waals surface area contributed by atoms with E-state index in [0.717, 1.165) is 70.6 Å². The molecule has 0 aromatic rings. The SMILES string of the molecule is CCCCCCCCCCCOC(=O)C(O)(O)CCCCN(CCCCCCCC(=O)OC(CCCCCCCC)CCCCCCCC)C(O)C(O)(O)O. The van der Waals surface area contributed by atoms with E-state index in [1.165, 1.54) is 101 Å². The predicted molar refractivity (Wildman–Crippen MR) is 220 cm³/mol. The molecule has 0 saturated heterocycles. The third kappa shape index (κ3) is 32.3. The van der Waals surface area contributed by atoms with Gasteiger partial charge in [0.25, 0.3) is 5.79 Å². The molecule has 0 aliphatic rings. The molecule has 0 spiro atoms. The molecule has 0 saturated carbocycles. The Labute approximate surface area is 336 Å². The molecule has 1 atom stereocenters. The first-order valence-corrected chi connectivity index (χ1v) is 22.8. The molecule has 0 rings (SSSR count). The van der Waals surface area contributed by atoms with Gasteiger partial charge >= 0.3 is 17.9 Å². The standard InChI is InChI=1S/C44H87NO10/c1-4-7-10-13-16-17-18-24-31-38-54-42(48)43(49,50)35-28-30-37-45(41(47)44(51,52)53)36-29-23-19-22-27-34-40(46)55-39(32-25-20-14-11-8-5-2)33-26-21-15-12-9-6-3/h39,41,47,49-53H,4-38H2,1-3H3. The van der Waals surface area contributed by atoms with E-state index in [9.17, 15) is 40.2 Å². The maximum atomic E-state index is 12.7. The molecule has 0 bridgehead atoms. The van der Waals surface area contributed by atoms with Gasteiger partial charge in [0.2, 0.25) is 0 Å². The minimum absolute atomic E-state index is 0.00771. The minimum atomic E-state index is -3.32. The number of hydrogen-bond acceptors (Lipinski definition) is 11. The molecule has 328 valence electrons. The summed E-state index contributed by atoms with van der Waals surface area (Å²) in [6.07, 6.45) is 29.0. The molecule has 1 unspecified atom stereocenters. The summed E-state index contributed by atoms with van der Waals surface area (Å²) in [5, 5.41) is 59.7. The van der Waals surface area contributed by atoms with Gasteiger partial charge in [0.15, 0.2) is 6.23 Å². The summed E-state index contributed by atoms with van der Waals surface area (Å²) in [5.41, 5.74) is 0. The number of unbranched alkanes of at least 4 members (excludes halogenated alkanes) is 23. The largest absolute Gasteiger partial charge is 0.462 e. The second kappa shape index (κ2) is 35.8. The van der Waals surface area contributed by atoms with E-state index in [1.54, 1.807) is 0 Å². The zero-order chi connectivity index (χ0) is 41.0. The van der Waals surface area contributed by atoms with Crippen LogP contribution >= 0.6 is 0 Å². The molecular weight excluding hydrogens is 702 g/mol. The van der Waals surface area contributed by atoms with Crippen LogP contribution in [-0.2, 0) is 19.1 Å². The van der Waals surface area contributed by atoms with E-state index >= 15 is 0 Å². The van der Waals surface area contributed by atoms with E-state index in [4.69, 9.17) is 9.47 Å². The van der Waals surface area contributed by atoms with Gasteiger partial charge in [-0.2, -0.15) is 0 Å². The summed E-state index contributed by atoms with van der Waals surface area (Å²) in [5.74, 6) is -7.16. The van der Waals surface area contributed by atoms with Gasteiger partial charge in [0.05, 0.1) is 6.61 Å². The fraction of sp³-hybridized carbons (Fsp3) is 0.955. The molecule has 11 nitrogen and oxygen atoms in total. The lowest BCUT2D eigenvalue weighted by Crippen LogP contribution is -2.53. The van der Waals surface area contributed by atoms with Crippen molar-refractivity contribution in [3.05, 3.63) is 0 Å². The van der Waals surface area contributed by atoms with Crippen LogP contribution in [0.3, 0.4) is 0 Å². The molecule has 0 radical (unpaired) electrons. The van der Waals surface area contributed by atoms with Crippen molar-refractivity contribution in [2.75, 3.05) is 19.7 Å². The average Bonchev–Trinajstić information content (AvgIpc) is 3.14. The van der Waals surface area contributed by atoms with Crippen LogP contribution in [0, 0.1) is 0 Å². The highest BCUT2D eigenvalue weighted by Gasteiger charge is 2.36. The number of aliphatic hydroxyl groups is 6. The normalized spacial score (nSPS) is 12.9. The second-order valence-corrected chi connectivity index (χ2v) is 16.1. The molecule has 0 aromatic carbocycles. The van der Waals surface area contributed by atoms with E-state index in [1.807, 2.05) is 0 Å². The Morgan fingerprint density at radius 2 is 0.927 bits per heavy atom. The van der Waals surface area contributed by atoms with Crippen molar-refractivity contribution in [1.82, 2.24) is 4.90 Å². The third-order valence-corrected chi connectivity index (χ3v) is 10.6. The van der Waals surface area contributed by atoms with Gasteiger partial charge in [-0.1, -0.05) is 156 Å². The lowest BCUT2D eigenvalue weighted by atomic mass is 10.0. The Morgan fingerprint density at radius 1 is 0.527 bits per heavy atom. The topological polar surface area (TPSA) is 177 Å². The van der Waals surface area contributed by atoms with Gasteiger partial charge in [-0.25, -0.2) is 4.79 Å². The van der Waals surface area contributed by atoms with Gasteiger partial charge in [-0.05, 0) is 57.8 Å². The lowest BCUT2D eigenvalue weighted by molar-refractivity contribution is -0.379. The number of hydrogen-bond donors (Lipinski definition) is 6. The Bertz CT molecular complexity index is 865. The predicted octanol–water partition coefficient (Wildman–Crippen LogP) is 8.92. The monoisotopic (exact) mass is 790 g/mol. The van der Waals surface area contributed by atoms with Crippen molar-refractivity contribution in [2.45, 2.75) is 250 Å². The fourth-order valence-corrected chi connectivity index (χ4v) is 7.01. The fourth-order valence-electron chi connectivity index (χ4n) is 7.01. The number of rotatable bonds is 41. The van der Waals surface area contributed by atoms with Gasteiger partial charge in [0.1, 0.15) is 6.10 Å². The Hall–Kier alpha value is -1.34. The number of carbonyl (C=O) groups is 2. The molecule has 0 fully saturated rings. The second-order valence-electron chi connectivity index (χ2n) is 16.1. The van der Waals surface area contributed by atoms with Crippen LogP contribution in [0.15, 0.2) is 0 Å². The first-order chi connectivity index (χ1) is 26.4. The lowest BCUT2D eigenvalue weighted by Gasteiger charge is -2.32. The first-order valence-electron chi connectivity index (χ1n) is 22.8. The summed E-state index contributed by atoms with van der Waals surface area (Å²) in [6, 6.07) is 0. The van der Waals surface area contributed by atoms with Crippen molar-refractivity contribution < 1.29 is 49.7 Å². The Kier molecular flexibility index (Phi) is 34.9. The molecular formula is C44H87NO10. The highest BCUT2D eigenvalue weighted by molar-refractivity contribution is 5.77. The van der Waals surface area contributed by atoms with E-state index in [-0.39, 0.29) is 44.6 Å². The van der Waals surface area contributed by atoms with E-state index in [2.05, 4.69) is 20.8 Å². The summed E-state index contributed by atoms with van der Waals surface area (Å²) >= 11 is 0. The quantitative estimate of drug-likeness (QED) is 0.0198. The molecule has 55 heavy (non-hydrogen) atoms. The molecule has 0 aromatic heterocycles. The van der Waals surface area contributed by atoms with E-state index < -0.39 is 24.0 Å². The van der Waals surface area contributed by atoms with Crippen LogP contribution in [0.25, 0.3) is 0 Å². The van der Waals surface area contributed by atoms with Crippen LogP contribution in [0.5, 0.6) is 0 Å². The van der Waals surface area contributed by atoms with Gasteiger partial charge in [0, 0.05) is 25.9 Å². The first kappa shape index (κ1) is 53.7. The van der Waals surface area contributed by atoms with Gasteiger partial charge in [-0.15, -0.1) is 0 Å². The van der Waals surface area contributed by atoms with Crippen molar-refractivity contribution in [1.29, 1.82) is 0 Å². The van der Waals surface area contributed by atoms with Crippen molar-refractivity contribution in [2.24, 2.45) is 0 Å². The van der Waals surface area contributed by atoms with Crippen LogP contribution in [0.1, 0.15) is 226 Å². The number of nitrogens with zero attached hydrogens (tertiary/aromatic N) is 1. The number of esters is 2. The minimum Gasteiger partial charge on any atom is -0.462 e. The molecule has 0 aliphatic heterocycles. The molecule has 0 amide bonds. The highest BCUT2D eigenvalue weighted by atomic mass is 16.7. The van der Waals surface area contributed by atoms with Crippen LogP contribution in [0.4, 0.5) is 0 Å². The number of ether oxygens (including phenoxy) is 2. The van der Waals surface area contributed by atoms with Gasteiger partial charge < -0.3 is 40.1 Å². The summed E-state index contributed by atoms with van der Waals surface area (Å²) in [6.45, 7) is 7.15. The van der Waals surface area contributed by atoms with Crippen molar-refractivity contribution in [3.8, 4) is 0 Å². The van der Waals surface area contributed by atoms with Crippen LogP contribution in [-0.4, -0.2) is 91.3 Å². The van der Waals surface area contributed by atoms with Crippen molar-refractivity contribution in [3.63, 3.8) is 0 Å². The summed E-state index contributed by atoms with van der Waals surface area (Å²) in [4.78, 5) is 26.3. The van der Waals surface area contributed by atoms with Crippen molar-refractivity contribution >= 4 is 11.9 Å². The maximum Gasteiger partial charge on any atom is 0.366 e. The zero-order valence-electron chi connectivity index (χ0n) is 35.7. The number of aliphatic hydroxyl groups excluding tert-OH is 1. The maximum absolute atomic E-state index is 12.7. The van der Waals surface area contributed by atoms with Crippen LogP contribution < -0.4 is 0 Å². The Balaban J connectivity index is 4.46. The van der Waals surface area contributed by atoms with Gasteiger partial charge in [-0.3, -0.25) is 9.69 Å². The molecule has 0 aliphatic carbocycles. The molecule has 0 heterocycles. The average molecular weight is 790 g/mol. The summed E-state index contributed by atoms with van der Waals surface area (Å²) in [7, 11) is 0. The zero-order valence-corrected chi connectivity index (χ0v) is 35.7. The molecule has 6 N–H and O–H groups in total. The molecule has 11 heteroatoms. The summed E-state index contributed by atoms with van der Waals surface area (Å²) < 4.78 is 11.0. The number of carbonyl (C=O) groups excluding carboxylic acids is 2. The Morgan fingerprint density at radius 3 is 1.40 bits per heavy atom.